The van der Waals surface area contributed by atoms with Gasteiger partial charge in [0.05, 0.1) is 12.8 Å². The number of carbonyl (C=O) groups is 2. The predicted octanol–water partition coefficient (Wildman–Crippen LogP) is 0.710. The first kappa shape index (κ1) is 15.1. The van der Waals surface area contributed by atoms with Gasteiger partial charge in [0.25, 0.3) is 0 Å². The van der Waals surface area contributed by atoms with Crippen LogP contribution in [0.1, 0.15) is 12.1 Å². The van der Waals surface area contributed by atoms with E-state index in [0.29, 0.717) is 36.8 Å². The Labute approximate surface area is 123 Å². The van der Waals surface area contributed by atoms with Crippen molar-refractivity contribution in [1.82, 2.24) is 14.7 Å². The number of aromatic nitrogens is 2. The highest BCUT2D eigenvalue weighted by Gasteiger charge is 2.31. The van der Waals surface area contributed by atoms with Crippen LogP contribution in [0.5, 0.6) is 5.88 Å². The van der Waals surface area contributed by atoms with E-state index in [2.05, 4.69) is 17.0 Å². The van der Waals surface area contributed by atoms with E-state index in [-0.39, 0.29) is 17.7 Å². The lowest BCUT2D eigenvalue weighted by molar-refractivity contribution is -0.134. The molecule has 0 aromatic carbocycles. The topological polar surface area (TPSA) is 76.5 Å². The van der Waals surface area contributed by atoms with Crippen LogP contribution in [-0.2, 0) is 16.6 Å². The van der Waals surface area contributed by atoms with Gasteiger partial charge in [0, 0.05) is 32.5 Å². The van der Waals surface area contributed by atoms with Gasteiger partial charge in [0.1, 0.15) is 5.69 Å². The van der Waals surface area contributed by atoms with Crippen LogP contribution in [0.3, 0.4) is 0 Å². The fourth-order valence-electron chi connectivity index (χ4n) is 2.48. The average Bonchev–Trinajstić information content (AvgIpc) is 2.66. The molecule has 1 aromatic rings. The molecule has 1 fully saturated rings. The minimum Gasteiger partial charge on any atom is -0.480 e. The molecule has 21 heavy (non-hydrogen) atoms. The average molecular weight is 292 g/mol. The third kappa shape index (κ3) is 3.07. The zero-order valence-electron chi connectivity index (χ0n) is 12.5. The van der Waals surface area contributed by atoms with Gasteiger partial charge in [-0.2, -0.15) is 5.10 Å². The molecule has 0 spiro atoms. The third-order valence-electron chi connectivity index (χ3n) is 3.54. The molecule has 2 rings (SSSR count). The predicted molar refractivity (Wildman–Crippen MR) is 78.0 cm³/mol. The van der Waals surface area contributed by atoms with Crippen LogP contribution in [0, 0.1) is 12.8 Å². The normalized spacial score (nSPS) is 14.5. The van der Waals surface area contributed by atoms with Gasteiger partial charge in [-0.25, -0.2) is 4.68 Å². The summed E-state index contributed by atoms with van der Waals surface area (Å²) in [5.74, 6) is 0.534. The molecule has 1 aliphatic rings. The minimum atomic E-state index is -0.0971. The first-order valence-corrected chi connectivity index (χ1v) is 6.75. The summed E-state index contributed by atoms with van der Waals surface area (Å²) >= 11 is 0. The zero-order valence-corrected chi connectivity index (χ0v) is 12.5. The molecular weight excluding hydrogens is 272 g/mol. The third-order valence-corrected chi connectivity index (χ3v) is 3.54. The standard InChI is InChI=1S/C14H20N4O3/c1-5-12(20)18-7-10(8-18)6-11(19)15-13-9(2)16-17(3)14(13)21-4/h5,10H,1,6-8H2,2-4H3,(H,15,19). The van der Waals surface area contributed by atoms with E-state index in [1.54, 1.807) is 16.6 Å². The molecule has 114 valence electrons. The number of rotatable bonds is 5. The maximum atomic E-state index is 12.1. The number of methoxy groups -OCH3 is 1. The number of likely N-dealkylation sites (tertiary alicyclic amines) is 1. The Morgan fingerprint density at radius 2 is 2.19 bits per heavy atom. The first-order chi connectivity index (χ1) is 9.96. The van der Waals surface area contributed by atoms with Gasteiger partial charge in [-0.15, -0.1) is 0 Å². The van der Waals surface area contributed by atoms with E-state index in [1.165, 1.54) is 13.2 Å². The molecule has 0 unspecified atom stereocenters. The van der Waals surface area contributed by atoms with Crippen LogP contribution in [0.2, 0.25) is 0 Å². The van der Waals surface area contributed by atoms with Crippen molar-refractivity contribution in [1.29, 1.82) is 0 Å². The SMILES string of the molecule is C=CC(=O)N1CC(CC(=O)Nc2c(C)nn(C)c2OC)C1. The first-order valence-electron chi connectivity index (χ1n) is 6.75. The summed E-state index contributed by atoms with van der Waals surface area (Å²) in [4.78, 5) is 25.1. The van der Waals surface area contributed by atoms with Crippen LogP contribution in [-0.4, -0.2) is 46.7 Å². The summed E-state index contributed by atoms with van der Waals surface area (Å²) in [6.07, 6.45) is 1.67. The van der Waals surface area contributed by atoms with Crippen molar-refractivity contribution in [2.45, 2.75) is 13.3 Å². The summed E-state index contributed by atoms with van der Waals surface area (Å²) in [5.41, 5.74) is 1.31. The number of carbonyl (C=O) groups excluding carboxylic acids is 2. The molecule has 7 heteroatoms. The largest absolute Gasteiger partial charge is 0.480 e. The molecule has 0 saturated carbocycles. The quantitative estimate of drug-likeness (QED) is 0.811. The number of nitrogens with zero attached hydrogens (tertiary/aromatic N) is 3. The summed E-state index contributed by atoms with van der Waals surface area (Å²) in [6, 6.07) is 0. The van der Waals surface area contributed by atoms with Crippen molar-refractivity contribution in [2.75, 3.05) is 25.5 Å². The van der Waals surface area contributed by atoms with Gasteiger partial charge in [-0.05, 0) is 13.0 Å². The van der Waals surface area contributed by atoms with E-state index in [4.69, 9.17) is 4.74 Å². The van der Waals surface area contributed by atoms with Crippen LogP contribution < -0.4 is 10.1 Å². The second kappa shape index (κ2) is 5.99. The van der Waals surface area contributed by atoms with Crippen molar-refractivity contribution >= 4 is 17.5 Å². The fourth-order valence-corrected chi connectivity index (χ4v) is 2.48. The Hall–Kier alpha value is -2.31. The highest BCUT2D eigenvalue weighted by Crippen LogP contribution is 2.28. The Bertz CT molecular complexity index is 573. The van der Waals surface area contributed by atoms with E-state index < -0.39 is 0 Å². The van der Waals surface area contributed by atoms with Crippen LogP contribution in [0.4, 0.5) is 5.69 Å². The van der Waals surface area contributed by atoms with Crippen molar-refractivity contribution in [2.24, 2.45) is 13.0 Å². The summed E-state index contributed by atoms with van der Waals surface area (Å²) in [6.45, 7) is 6.45. The molecule has 0 aliphatic carbocycles. The molecule has 2 amide bonds. The molecule has 2 heterocycles. The monoisotopic (exact) mass is 292 g/mol. The van der Waals surface area contributed by atoms with E-state index in [0.717, 1.165) is 0 Å². The van der Waals surface area contributed by atoms with Crippen LogP contribution >= 0.6 is 0 Å². The maximum absolute atomic E-state index is 12.1. The molecule has 1 aromatic heterocycles. The molecule has 7 nitrogen and oxygen atoms in total. The minimum absolute atomic E-state index is 0.0866. The van der Waals surface area contributed by atoms with Crippen molar-refractivity contribution in [3.63, 3.8) is 0 Å². The number of hydrogen-bond acceptors (Lipinski definition) is 4. The highest BCUT2D eigenvalue weighted by atomic mass is 16.5. The molecule has 0 radical (unpaired) electrons. The molecule has 1 saturated heterocycles. The lowest BCUT2D eigenvalue weighted by Gasteiger charge is -2.38. The van der Waals surface area contributed by atoms with Crippen molar-refractivity contribution in [3.8, 4) is 5.88 Å². The van der Waals surface area contributed by atoms with Gasteiger partial charge in [0.15, 0.2) is 0 Å². The number of nitrogens with one attached hydrogen (secondary N) is 1. The second-order valence-electron chi connectivity index (χ2n) is 5.16. The van der Waals surface area contributed by atoms with Gasteiger partial charge in [-0.3, -0.25) is 9.59 Å². The maximum Gasteiger partial charge on any atom is 0.245 e. The summed E-state index contributed by atoms with van der Waals surface area (Å²) in [7, 11) is 3.29. The molecular formula is C14H20N4O3. The number of aryl methyl sites for hydroxylation is 2. The lowest BCUT2D eigenvalue weighted by Crippen LogP contribution is -2.50. The summed E-state index contributed by atoms with van der Waals surface area (Å²) < 4.78 is 6.81. The molecule has 1 aliphatic heterocycles. The fraction of sp³-hybridized carbons (Fsp3) is 0.500. The van der Waals surface area contributed by atoms with Gasteiger partial charge in [0.2, 0.25) is 17.7 Å². The highest BCUT2D eigenvalue weighted by molar-refractivity contribution is 5.93. The van der Waals surface area contributed by atoms with E-state index >= 15 is 0 Å². The van der Waals surface area contributed by atoms with Gasteiger partial charge >= 0.3 is 0 Å². The van der Waals surface area contributed by atoms with E-state index in [1.807, 2.05) is 6.92 Å². The number of hydrogen-bond donors (Lipinski definition) is 1. The number of amides is 2. The van der Waals surface area contributed by atoms with Crippen LogP contribution in [0.25, 0.3) is 0 Å². The van der Waals surface area contributed by atoms with Crippen molar-refractivity contribution < 1.29 is 14.3 Å². The van der Waals surface area contributed by atoms with Gasteiger partial charge in [-0.1, -0.05) is 6.58 Å². The zero-order chi connectivity index (χ0) is 15.6. The Kier molecular flexibility index (Phi) is 4.30. The van der Waals surface area contributed by atoms with Crippen LogP contribution in [0.15, 0.2) is 12.7 Å². The second-order valence-corrected chi connectivity index (χ2v) is 5.16. The Balaban J connectivity index is 1.89. The molecule has 1 N–H and O–H groups in total. The number of ether oxygens (including phenoxy) is 1. The Morgan fingerprint density at radius 3 is 2.76 bits per heavy atom. The number of anilines is 1. The molecule has 0 bridgehead atoms. The summed E-state index contributed by atoms with van der Waals surface area (Å²) in [5, 5.41) is 7.04. The van der Waals surface area contributed by atoms with Crippen molar-refractivity contribution in [3.05, 3.63) is 18.3 Å². The van der Waals surface area contributed by atoms with Gasteiger partial charge < -0.3 is 15.0 Å². The Morgan fingerprint density at radius 1 is 1.52 bits per heavy atom. The molecule has 0 atom stereocenters. The smallest absolute Gasteiger partial charge is 0.245 e. The lowest BCUT2D eigenvalue weighted by atomic mass is 9.96. The van der Waals surface area contributed by atoms with E-state index in [9.17, 15) is 9.59 Å².